The number of hydrogen-bond acceptors (Lipinski definition) is 3. The fourth-order valence-electron chi connectivity index (χ4n) is 1.34. The summed E-state index contributed by atoms with van der Waals surface area (Å²) in [4.78, 5) is 0. The number of halogens is 1. The van der Waals surface area contributed by atoms with Crippen molar-refractivity contribution in [2.75, 3.05) is 12.3 Å². The van der Waals surface area contributed by atoms with E-state index in [1.54, 1.807) is 6.07 Å². The molecule has 0 aromatic carbocycles. The van der Waals surface area contributed by atoms with Gasteiger partial charge in [0.1, 0.15) is 5.76 Å². The Kier molecular flexibility index (Phi) is 6.22. The number of nitrogens with one attached hydrogen (secondary N) is 1. The summed E-state index contributed by atoms with van der Waals surface area (Å²) in [6.07, 6.45) is 1.17. The molecule has 1 rings (SSSR count). The minimum absolute atomic E-state index is 0.476. The summed E-state index contributed by atoms with van der Waals surface area (Å²) in [5.74, 6) is 2.97. The molecule has 86 valence electrons. The van der Waals surface area contributed by atoms with Crippen molar-refractivity contribution in [3.63, 3.8) is 0 Å². The third kappa shape index (κ3) is 4.96. The Hall–Kier alpha value is -0.120. The van der Waals surface area contributed by atoms with Gasteiger partial charge in [0, 0.05) is 11.8 Å². The summed E-state index contributed by atoms with van der Waals surface area (Å²) in [6.45, 7) is 5.38. The zero-order valence-corrected chi connectivity index (χ0v) is 10.8. The zero-order chi connectivity index (χ0) is 11.1. The normalized spacial score (nSPS) is 13.0. The third-order valence-electron chi connectivity index (χ3n) is 2.18. The molecule has 0 saturated carbocycles. The Balaban J connectivity index is 2.20. The average Bonchev–Trinajstić information content (AvgIpc) is 2.63. The molecule has 1 aromatic heterocycles. The third-order valence-corrected chi connectivity index (χ3v) is 3.51. The highest BCUT2D eigenvalue weighted by Gasteiger charge is 2.05. The van der Waals surface area contributed by atoms with Crippen LogP contribution in [0.1, 0.15) is 26.0 Å². The molecule has 2 nitrogen and oxygen atoms in total. The van der Waals surface area contributed by atoms with E-state index in [4.69, 9.17) is 16.0 Å². The van der Waals surface area contributed by atoms with Gasteiger partial charge in [-0.05, 0) is 36.7 Å². The first-order valence-corrected chi connectivity index (χ1v) is 6.84. The molecule has 1 N–H and O–H groups in total. The summed E-state index contributed by atoms with van der Waals surface area (Å²) < 4.78 is 5.28. The number of furan rings is 1. The van der Waals surface area contributed by atoms with Crippen molar-refractivity contribution < 1.29 is 4.42 Å². The van der Waals surface area contributed by atoms with Gasteiger partial charge in [-0.15, -0.1) is 0 Å². The van der Waals surface area contributed by atoms with Crippen LogP contribution in [0.3, 0.4) is 0 Å². The number of rotatable bonds is 7. The second kappa shape index (κ2) is 7.20. The topological polar surface area (TPSA) is 25.2 Å². The maximum atomic E-state index is 5.69. The van der Waals surface area contributed by atoms with Gasteiger partial charge in [0.2, 0.25) is 0 Å². The Morgan fingerprint density at radius 3 is 2.80 bits per heavy atom. The van der Waals surface area contributed by atoms with E-state index in [2.05, 4.69) is 19.2 Å². The second-order valence-corrected chi connectivity index (χ2v) is 4.79. The van der Waals surface area contributed by atoms with E-state index in [1.165, 1.54) is 6.42 Å². The summed E-state index contributed by atoms with van der Waals surface area (Å²) in [5, 5.41) is 3.92. The molecule has 1 unspecified atom stereocenters. The molecule has 0 aliphatic carbocycles. The minimum Gasteiger partial charge on any atom is -0.449 e. The van der Waals surface area contributed by atoms with Gasteiger partial charge >= 0.3 is 0 Å². The molecule has 0 saturated heterocycles. The van der Waals surface area contributed by atoms with Crippen LogP contribution in [0, 0.1) is 0 Å². The molecule has 4 heteroatoms. The van der Waals surface area contributed by atoms with E-state index >= 15 is 0 Å². The predicted molar refractivity (Wildman–Crippen MR) is 67.6 cm³/mol. The molecule has 0 bridgehead atoms. The lowest BCUT2D eigenvalue weighted by atomic mass is 10.2. The van der Waals surface area contributed by atoms with Crippen LogP contribution in [-0.2, 0) is 5.75 Å². The summed E-state index contributed by atoms with van der Waals surface area (Å²) >= 11 is 7.57. The lowest BCUT2D eigenvalue weighted by Gasteiger charge is -2.14. The second-order valence-electron chi connectivity index (χ2n) is 3.38. The highest BCUT2D eigenvalue weighted by molar-refractivity contribution is 7.98. The standard InChI is InChI=1S/C11H18ClNOS/c1-3-9(13-4-2)7-15-8-10-5-6-11(12)14-10/h5-6,9,13H,3-4,7-8H2,1-2H3. The largest absolute Gasteiger partial charge is 0.449 e. The Morgan fingerprint density at radius 2 is 2.27 bits per heavy atom. The first-order chi connectivity index (χ1) is 7.26. The van der Waals surface area contributed by atoms with Crippen LogP contribution in [0.25, 0.3) is 0 Å². The molecule has 0 radical (unpaired) electrons. The highest BCUT2D eigenvalue weighted by Crippen LogP contribution is 2.19. The predicted octanol–water partition coefficient (Wildman–Crippen LogP) is 3.55. The maximum absolute atomic E-state index is 5.69. The van der Waals surface area contributed by atoms with Crippen LogP contribution in [0.2, 0.25) is 5.22 Å². The van der Waals surface area contributed by atoms with Crippen LogP contribution in [0.4, 0.5) is 0 Å². The molecule has 15 heavy (non-hydrogen) atoms. The van der Waals surface area contributed by atoms with Crippen molar-refractivity contribution in [2.45, 2.75) is 32.1 Å². The van der Waals surface area contributed by atoms with Crippen LogP contribution in [0.15, 0.2) is 16.5 Å². The fourth-order valence-corrected chi connectivity index (χ4v) is 2.62. The van der Waals surface area contributed by atoms with E-state index < -0.39 is 0 Å². The molecule has 0 aliphatic heterocycles. The van der Waals surface area contributed by atoms with Gasteiger partial charge in [-0.3, -0.25) is 0 Å². The van der Waals surface area contributed by atoms with Crippen LogP contribution < -0.4 is 5.32 Å². The highest BCUT2D eigenvalue weighted by atomic mass is 35.5. The summed E-state index contributed by atoms with van der Waals surface area (Å²) in [6, 6.07) is 4.33. The number of hydrogen-bond donors (Lipinski definition) is 1. The van der Waals surface area contributed by atoms with E-state index in [9.17, 15) is 0 Å². The van der Waals surface area contributed by atoms with Gasteiger partial charge < -0.3 is 9.73 Å². The smallest absolute Gasteiger partial charge is 0.193 e. The maximum Gasteiger partial charge on any atom is 0.193 e. The molecule has 1 heterocycles. The van der Waals surface area contributed by atoms with Gasteiger partial charge in [0.05, 0.1) is 5.75 Å². The van der Waals surface area contributed by atoms with Crippen molar-refractivity contribution in [1.29, 1.82) is 0 Å². The zero-order valence-electron chi connectivity index (χ0n) is 9.25. The Bertz CT molecular complexity index is 277. The van der Waals surface area contributed by atoms with Gasteiger partial charge in [-0.25, -0.2) is 0 Å². The van der Waals surface area contributed by atoms with Gasteiger partial charge in [0.15, 0.2) is 5.22 Å². The lowest BCUT2D eigenvalue weighted by Crippen LogP contribution is -2.30. The van der Waals surface area contributed by atoms with Crippen molar-refractivity contribution in [3.05, 3.63) is 23.1 Å². The molecular weight excluding hydrogens is 230 g/mol. The molecule has 0 spiro atoms. The van der Waals surface area contributed by atoms with Gasteiger partial charge in [-0.1, -0.05) is 13.8 Å². The monoisotopic (exact) mass is 247 g/mol. The van der Waals surface area contributed by atoms with Crippen molar-refractivity contribution in [3.8, 4) is 0 Å². The van der Waals surface area contributed by atoms with Crippen LogP contribution >= 0.6 is 23.4 Å². The minimum atomic E-state index is 0.476. The Labute approximate surface area is 101 Å². The molecule has 0 amide bonds. The first kappa shape index (κ1) is 12.9. The van der Waals surface area contributed by atoms with Gasteiger partial charge in [-0.2, -0.15) is 11.8 Å². The van der Waals surface area contributed by atoms with Crippen molar-refractivity contribution >= 4 is 23.4 Å². The van der Waals surface area contributed by atoms with E-state index in [0.717, 1.165) is 23.8 Å². The van der Waals surface area contributed by atoms with Crippen molar-refractivity contribution in [2.24, 2.45) is 0 Å². The van der Waals surface area contributed by atoms with Crippen molar-refractivity contribution in [1.82, 2.24) is 5.32 Å². The first-order valence-electron chi connectivity index (χ1n) is 5.31. The van der Waals surface area contributed by atoms with Crippen LogP contribution in [0.5, 0.6) is 0 Å². The van der Waals surface area contributed by atoms with E-state index in [-0.39, 0.29) is 0 Å². The fraction of sp³-hybridized carbons (Fsp3) is 0.636. The van der Waals surface area contributed by atoms with Crippen LogP contribution in [-0.4, -0.2) is 18.3 Å². The molecular formula is C11H18ClNOS. The quantitative estimate of drug-likeness (QED) is 0.798. The molecule has 1 aromatic rings. The Morgan fingerprint density at radius 1 is 1.47 bits per heavy atom. The summed E-state index contributed by atoms with van der Waals surface area (Å²) in [7, 11) is 0. The molecule has 0 fully saturated rings. The molecule has 1 atom stereocenters. The summed E-state index contributed by atoms with van der Waals surface area (Å²) in [5.41, 5.74) is 0. The lowest BCUT2D eigenvalue weighted by molar-refractivity contribution is 0.531. The van der Waals surface area contributed by atoms with E-state index in [1.807, 2.05) is 17.8 Å². The molecule has 0 aliphatic rings. The SMILES string of the molecule is CCNC(CC)CSCc1ccc(Cl)o1. The van der Waals surface area contributed by atoms with Gasteiger partial charge in [0.25, 0.3) is 0 Å². The van der Waals surface area contributed by atoms with E-state index in [0.29, 0.717) is 11.3 Å². The number of thioether (sulfide) groups is 1. The average molecular weight is 248 g/mol.